The number of hydrogen-bond donors (Lipinski definition) is 1. The molecule has 282 valence electrons. The number of fused-ring (bicyclic) bond motifs is 4. The highest BCUT2D eigenvalue weighted by atomic mass is 32.1. The van der Waals surface area contributed by atoms with Gasteiger partial charge < -0.3 is 9.67 Å². The Morgan fingerprint density at radius 1 is 0.784 bits per heavy atom. The van der Waals surface area contributed by atoms with Crippen LogP contribution in [0, 0.1) is 17.3 Å². The number of aliphatic hydroxyl groups is 1. The van der Waals surface area contributed by atoms with Gasteiger partial charge in [0.25, 0.3) is 0 Å². The SMILES string of the molecule is C.C.C.C.C/C=C/C[C@]1(O)CC[C@H]2[C@@H]3CCC4=CC(=O)CCC4=C3[C@@H](c3ccc(P(=O)(c4ccccc4)c4ccccc4)cc3)C[C@@]21C.S.S.S. The smallest absolute Gasteiger partial charge is 0.171 e. The normalized spacial score (nSPS) is 26.0. The minimum Gasteiger partial charge on any atom is -0.389 e. The number of ketones is 1. The van der Waals surface area contributed by atoms with Gasteiger partial charge in [-0.05, 0) is 86.5 Å². The summed E-state index contributed by atoms with van der Waals surface area (Å²) in [6.07, 6.45) is 13.0. The molecule has 2 saturated carbocycles. The van der Waals surface area contributed by atoms with Gasteiger partial charge in [-0.3, -0.25) is 4.79 Å². The van der Waals surface area contributed by atoms with Crippen molar-refractivity contribution in [3.8, 4) is 0 Å². The molecular weight excluding hydrogens is 704 g/mol. The van der Waals surface area contributed by atoms with Gasteiger partial charge in [-0.15, -0.1) is 0 Å². The molecule has 4 aliphatic carbocycles. The quantitative estimate of drug-likeness (QED) is 0.201. The van der Waals surface area contributed by atoms with E-state index in [9.17, 15) is 9.90 Å². The number of rotatable bonds is 6. The number of benzene rings is 3. The molecule has 2 fully saturated rings. The van der Waals surface area contributed by atoms with Crippen LogP contribution >= 0.6 is 47.6 Å². The maximum absolute atomic E-state index is 15.1. The Bertz CT molecular complexity index is 1670. The lowest BCUT2D eigenvalue weighted by atomic mass is 9.51. The Hall–Kier alpha value is -2.21. The lowest BCUT2D eigenvalue weighted by molar-refractivity contribution is -0.114. The minimum atomic E-state index is -3.07. The molecule has 3 nitrogen and oxygen atoms in total. The molecule has 0 radical (unpaired) electrons. The summed E-state index contributed by atoms with van der Waals surface area (Å²) in [6, 6.07) is 28.3. The molecule has 0 bridgehead atoms. The summed E-state index contributed by atoms with van der Waals surface area (Å²) in [6.45, 7) is 4.39. The van der Waals surface area contributed by atoms with E-state index in [2.05, 4.69) is 43.3 Å². The van der Waals surface area contributed by atoms with Gasteiger partial charge in [0, 0.05) is 33.7 Å². The van der Waals surface area contributed by atoms with Crippen LogP contribution in [0.2, 0.25) is 0 Å². The van der Waals surface area contributed by atoms with Gasteiger partial charge in [-0.25, -0.2) is 0 Å². The topological polar surface area (TPSA) is 54.4 Å². The van der Waals surface area contributed by atoms with E-state index >= 15 is 4.57 Å². The highest BCUT2D eigenvalue weighted by molar-refractivity contribution is 7.85. The van der Waals surface area contributed by atoms with Gasteiger partial charge >= 0.3 is 0 Å². The Balaban J connectivity index is 0.00000357. The summed E-state index contributed by atoms with van der Waals surface area (Å²) in [5.74, 6) is 1.26. The van der Waals surface area contributed by atoms with Crippen LogP contribution in [0.5, 0.6) is 0 Å². The van der Waals surface area contributed by atoms with Crippen molar-refractivity contribution in [2.45, 2.75) is 106 Å². The van der Waals surface area contributed by atoms with Crippen LogP contribution in [-0.2, 0) is 9.36 Å². The zero-order valence-corrected chi connectivity index (χ0v) is 31.3. The number of carbonyl (C=O) groups excluding carboxylic acids is 1. The summed E-state index contributed by atoms with van der Waals surface area (Å²) in [5.41, 5.74) is 4.48. The molecule has 7 heteroatoms. The third-order valence-corrected chi connectivity index (χ3v) is 14.7. The van der Waals surface area contributed by atoms with Gasteiger partial charge in [0.1, 0.15) is 0 Å². The third kappa shape index (κ3) is 8.16. The molecule has 0 aromatic heterocycles. The molecule has 7 rings (SSSR count). The van der Waals surface area contributed by atoms with Crippen molar-refractivity contribution < 1.29 is 14.5 Å². The fourth-order valence-electron chi connectivity index (χ4n) is 9.34. The van der Waals surface area contributed by atoms with Gasteiger partial charge in [0.05, 0.1) is 5.60 Å². The molecule has 0 heterocycles. The molecule has 3 aromatic carbocycles. The van der Waals surface area contributed by atoms with Crippen LogP contribution in [-0.4, -0.2) is 16.5 Å². The van der Waals surface area contributed by atoms with E-state index in [1.165, 1.54) is 22.3 Å². The van der Waals surface area contributed by atoms with Crippen molar-refractivity contribution in [1.82, 2.24) is 0 Å². The molecule has 1 N–H and O–H groups in total. The Morgan fingerprint density at radius 3 is 1.88 bits per heavy atom. The van der Waals surface area contributed by atoms with Crippen LogP contribution in [0.15, 0.2) is 120 Å². The van der Waals surface area contributed by atoms with E-state index in [0.29, 0.717) is 24.7 Å². The molecule has 0 spiro atoms. The zero-order chi connectivity index (χ0) is 30.5. The van der Waals surface area contributed by atoms with E-state index in [1.54, 1.807) is 0 Å². The van der Waals surface area contributed by atoms with Crippen molar-refractivity contribution in [1.29, 1.82) is 0 Å². The third-order valence-electron chi connectivity index (χ3n) is 11.6. The molecule has 0 aliphatic heterocycles. The first-order valence-electron chi connectivity index (χ1n) is 16.4. The standard InChI is InChI=1S/C40H43O3P.4CH4.3H2S/c1-3-4-24-40(42)25-23-37-35-21-17-29-26-30(41)18-22-34(29)38(35)36(27-39(37,40)2)28-15-19-33(20-16-28)44(43,31-11-7-5-8-12-31)32-13-9-6-10-14-32;;;;;;;/h3-16,19-20,26,35-37,42H,17-18,21-25,27H2,1-2H3;4*1H4;3*1H2/b4-3+;;;;;;;/t35-,36+,37-,39-,40-;;;;;;;/m0......./s1. The largest absolute Gasteiger partial charge is 0.389 e. The van der Waals surface area contributed by atoms with Crippen molar-refractivity contribution in [3.63, 3.8) is 0 Å². The predicted octanol–water partition coefficient (Wildman–Crippen LogP) is 10.8. The molecule has 0 saturated heterocycles. The lowest BCUT2D eigenvalue weighted by Crippen LogP contribution is -2.51. The van der Waals surface area contributed by atoms with E-state index in [-0.39, 0.29) is 87.3 Å². The summed E-state index contributed by atoms with van der Waals surface area (Å²) in [7, 11) is -3.07. The molecule has 5 atom stereocenters. The van der Waals surface area contributed by atoms with Gasteiger partial charge in [0.15, 0.2) is 12.9 Å². The summed E-state index contributed by atoms with van der Waals surface area (Å²) in [5, 5.41) is 14.8. The van der Waals surface area contributed by atoms with Crippen LogP contribution in [0.4, 0.5) is 0 Å². The summed E-state index contributed by atoms with van der Waals surface area (Å²) >= 11 is 0. The van der Waals surface area contributed by atoms with Crippen molar-refractivity contribution in [2.24, 2.45) is 17.3 Å². The predicted molar refractivity (Wildman–Crippen MR) is 239 cm³/mol. The maximum atomic E-state index is 15.1. The number of carbonyl (C=O) groups is 1. The highest BCUT2D eigenvalue weighted by Crippen LogP contribution is 2.67. The first-order valence-corrected chi connectivity index (χ1v) is 18.1. The van der Waals surface area contributed by atoms with E-state index in [1.807, 2.05) is 73.7 Å². The summed E-state index contributed by atoms with van der Waals surface area (Å²) < 4.78 is 15.1. The van der Waals surface area contributed by atoms with Gasteiger partial charge in [0.2, 0.25) is 0 Å². The van der Waals surface area contributed by atoms with Crippen LogP contribution < -0.4 is 15.9 Å². The second-order valence-electron chi connectivity index (χ2n) is 13.7. The van der Waals surface area contributed by atoms with E-state index in [4.69, 9.17) is 0 Å². The van der Waals surface area contributed by atoms with E-state index < -0.39 is 12.7 Å². The van der Waals surface area contributed by atoms with Crippen molar-refractivity contribution in [3.05, 3.63) is 125 Å². The molecule has 0 unspecified atom stereocenters. The molecule has 51 heavy (non-hydrogen) atoms. The van der Waals surface area contributed by atoms with Crippen LogP contribution in [0.25, 0.3) is 0 Å². The Kier molecular flexibility index (Phi) is 18.4. The van der Waals surface area contributed by atoms with E-state index in [0.717, 1.165) is 54.4 Å². The second-order valence-corrected chi connectivity index (χ2v) is 16.5. The monoisotopic (exact) mass is 768 g/mol. The van der Waals surface area contributed by atoms with Gasteiger partial charge in [-0.2, -0.15) is 40.5 Å². The minimum absolute atomic E-state index is 0. The Morgan fingerprint density at radius 2 is 1.33 bits per heavy atom. The Labute approximate surface area is 331 Å². The van der Waals surface area contributed by atoms with Crippen molar-refractivity contribution >= 4 is 69.3 Å². The highest BCUT2D eigenvalue weighted by Gasteiger charge is 2.62. The first-order chi connectivity index (χ1) is 21.3. The van der Waals surface area contributed by atoms with Crippen LogP contribution in [0.3, 0.4) is 0 Å². The second kappa shape index (κ2) is 19.2. The molecular formula is C44H65O3PS3. The summed E-state index contributed by atoms with van der Waals surface area (Å²) in [4.78, 5) is 12.4. The molecule has 4 aliphatic rings. The molecule has 3 aromatic rings. The van der Waals surface area contributed by atoms with Crippen molar-refractivity contribution in [2.75, 3.05) is 0 Å². The first kappa shape index (κ1) is 48.8. The average Bonchev–Trinajstić information content (AvgIpc) is 3.33. The fourth-order valence-corrected chi connectivity index (χ4v) is 12.0. The van der Waals surface area contributed by atoms with Crippen LogP contribution in [0.1, 0.15) is 106 Å². The lowest BCUT2D eigenvalue weighted by Gasteiger charge is -2.55. The number of allylic oxidation sites excluding steroid dienone is 5. The van der Waals surface area contributed by atoms with Gasteiger partial charge in [-0.1, -0.05) is 139 Å². The maximum Gasteiger partial charge on any atom is 0.171 e. The number of hydrogen-bond acceptors (Lipinski definition) is 3. The molecule has 0 amide bonds. The fraction of sp³-hybridized carbons (Fsp3) is 0.432. The average molecular weight is 769 g/mol. The zero-order valence-electron chi connectivity index (χ0n) is 27.4.